The van der Waals surface area contributed by atoms with Crippen molar-refractivity contribution in [3.63, 3.8) is 0 Å². The summed E-state index contributed by atoms with van der Waals surface area (Å²) in [6.45, 7) is 0. The molecule has 27 heavy (non-hydrogen) atoms. The van der Waals surface area contributed by atoms with Crippen LogP contribution in [0.3, 0.4) is 0 Å². The van der Waals surface area contributed by atoms with Crippen LogP contribution in [0, 0.1) is 5.82 Å². The lowest BCUT2D eigenvalue weighted by Gasteiger charge is -2.07. The van der Waals surface area contributed by atoms with E-state index in [0.717, 1.165) is 0 Å². The highest BCUT2D eigenvalue weighted by molar-refractivity contribution is 6.03. The van der Waals surface area contributed by atoms with Crippen molar-refractivity contribution in [3.8, 4) is 11.3 Å². The van der Waals surface area contributed by atoms with Crippen LogP contribution in [0.2, 0.25) is 0 Å². The SMILES string of the molecule is O=C(Nc1ccc2oc(-c3ccccc3F)cc(=O)c2c1)c1ccccn1. The molecule has 0 aliphatic heterocycles. The van der Waals surface area contributed by atoms with E-state index in [1.54, 1.807) is 48.5 Å². The number of aromatic nitrogens is 1. The molecule has 1 amide bonds. The third kappa shape index (κ3) is 3.32. The molecule has 6 heteroatoms. The van der Waals surface area contributed by atoms with E-state index in [2.05, 4.69) is 10.3 Å². The van der Waals surface area contributed by atoms with Crippen molar-refractivity contribution in [2.75, 3.05) is 5.32 Å². The fourth-order valence-corrected chi connectivity index (χ4v) is 2.72. The first-order chi connectivity index (χ1) is 13.1. The Labute approximate surface area is 153 Å². The van der Waals surface area contributed by atoms with E-state index in [-0.39, 0.29) is 33.7 Å². The molecule has 0 saturated carbocycles. The molecule has 0 atom stereocenters. The second kappa shape index (κ2) is 6.84. The second-order valence-corrected chi connectivity index (χ2v) is 5.83. The van der Waals surface area contributed by atoms with Crippen molar-refractivity contribution in [3.05, 3.63) is 94.7 Å². The smallest absolute Gasteiger partial charge is 0.274 e. The van der Waals surface area contributed by atoms with Crippen molar-refractivity contribution in [2.24, 2.45) is 0 Å². The van der Waals surface area contributed by atoms with E-state index in [0.29, 0.717) is 11.3 Å². The molecule has 0 fully saturated rings. The molecular weight excluding hydrogens is 347 g/mol. The minimum absolute atomic E-state index is 0.149. The van der Waals surface area contributed by atoms with Crippen LogP contribution >= 0.6 is 0 Å². The first-order valence-corrected chi connectivity index (χ1v) is 8.17. The number of fused-ring (bicyclic) bond motifs is 1. The maximum atomic E-state index is 14.0. The Balaban J connectivity index is 1.71. The molecule has 0 bridgehead atoms. The first-order valence-electron chi connectivity index (χ1n) is 8.17. The van der Waals surface area contributed by atoms with Crippen LogP contribution in [0.4, 0.5) is 10.1 Å². The van der Waals surface area contributed by atoms with Crippen molar-refractivity contribution in [1.82, 2.24) is 4.98 Å². The molecule has 1 N–H and O–H groups in total. The molecule has 2 aromatic carbocycles. The minimum atomic E-state index is -0.473. The summed E-state index contributed by atoms with van der Waals surface area (Å²) < 4.78 is 19.6. The molecule has 132 valence electrons. The number of carbonyl (C=O) groups is 1. The third-order valence-corrected chi connectivity index (χ3v) is 4.02. The monoisotopic (exact) mass is 360 g/mol. The number of amides is 1. The van der Waals surface area contributed by atoms with E-state index in [9.17, 15) is 14.0 Å². The maximum Gasteiger partial charge on any atom is 0.274 e. The fourth-order valence-electron chi connectivity index (χ4n) is 2.72. The predicted molar refractivity (Wildman–Crippen MR) is 100 cm³/mol. The lowest BCUT2D eigenvalue weighted by molar-refractivity contribution is 0.102. The quantitative estimate of drug-likeness (QED) is 0.593. The summed E-state index contributed by atoms with van der Waals surface area (Å²) in [5.41, 5.74) is 0.882. The summed E-state index contributed by atoms with van der Waals surface area (Å²) in [6, 6.07) is 17.0. The highest BCUT2D eigenvalue weighted by atomic mass is 19.1. The molecule has 4 aromatic rings. The molecule has 0 spiro atoms. The zero-order chi connectivity index (χ0) is 18.8. The molecule has 0 saturated heterocycles. The van der Waals surface area contributed by atoms with Gasteiger partial charge in [-0.25, -0.2) is 4.39 Å². The van der Waals surface area contributed by atoms with Gasteiger partial charge in [-0.05, 0) is 42.5 Å². The van der Waals surface area contributed by atoms with Gasteiger partial charge in [0.15, 0.2) is 5.43 Å². The Bertz CT molecular complexity index is 1200. The average molecular weight is 360 g/mol. The van der Waals surface area contributed by atoms with E-state index in [1.165, 1.54) is 24.4 Å². The number of rotatable bonds is 3. The van der Waals surface area contributed by atoms with Crippen LogP contribution in [0.1, 0.15) is 10.5 Å². The van der Waals surface area contributed by atoms with Crippen molar-refractivity contribution in [2.45, 2.75) is 0 Å². The number of hydrogen-bond acceptors (Lipinski definition) is 4. The van der Waals surface area contributed by atoms with Gasteiger partial charge in [-0.2, -0.15) is 0 Å². The van der Waals surface area contributed by atoms with Gasteiger partial charge in [0.1, 0.15) is 22.9 Å². The largest absolute Gasteiger partial charge is 0.456 e. The Morgan fingerprint density at radius 2 is 1.81 bits per heavy atom. The molecule has 5 nitrogen and oxygen atoms in total. The van der Waals surface area contributed by atoms with Gasteiger partial charge in [0, 0.05) is 18.0 Å². The first kappa shape index (κ1) is 16.7. The van der Waals surface area contributed by atoms with Crippen LogP contribution in [0.5, 0.6) is 0 Å². The number of pyridine rings is 1. The summed E-state index contributed by atoms with van der Waals surface area (Å²) >= 11 is 0. The van der Waals surface area contributed by atoms with Gasteiger partial charge in [-0.15, -0.1) is 0 Å². The summed E-state index contributed by atoms with van der Waals surface area (Å²) in [5.74, 6) is -0.711. The number of nitrogens with one attached hydrogen (secondary N) is 1. The highest BCUT2D eigenvalue weighted by Crippen LogP contribution is 2.25. The standard InChI is InChI=1S/C21H13FN2O3/c22-16-6-2-1-5-14(16)20-12-18(25)15-11-13(8-9-19(15)27-20)24-21(26)17-7-3-4-10-23-17/h1-12H,(H,24,26). The topological polar surface area (TPSA) is 72.2 Å². The summed E-state index contributed by atoms with van der Waals surface area (Å²) in [5, 5.41) is 2.98. The fraction of sp³-hybridized carbons (Fsp3) is 0. The van der Waals surface area contributed by atoms with E-state index in [4.69, 9.17) is 4.42 Å². The molecule has 0 radical (unpaired) electrons. The van der Waals surface area contributed by atoms with Crippen molar-refractivity contribution in [1.29, 1.82) is 0 Å². The van der Waals surface area contributed by atoms with Gasteiger partial charge in [0.2, 0.25) is 0 Å². The van der Waals surface area contributed by atoms with Crippen LogP contribution in [0.25, 0.3) is 22.3 Å². The van der Waals surface area contributed by atoms with Crippen molar-refractivity contribution < 1.29 is 13.6 Å². The number of anilines is 1. The van der Waals surface area contributed by atoms with Crippen LogP contribution in [-0.4, -0.2) is 10.9 Å². The average Bonchev–Trinajstić information content (AvgIpc) is 2.69. The Morgan fingerprint density at radius 1 is 1.00 bits per heavy atom. The maximum absolute atomic E-state index is 14.0. The van der Waals surface area contributed by atoms with Crippen LogP contribution in [0.15, 0.2) is 82.1 Å². The van der Waals surface area contributed by atoms with Gasteiger partial charge in [-0.1, -0.05) is 18.2 Å². The molecular formula is C21H13FN2O3. The molecule has 2 heterocycles. The van der Waals surface area contributed by atoms with E-state index < -0.39 is 5.82 Å². The molecule has 0 aliphatic carbocycles. The number of nitrogens with zero attached hydrogens (tertiary/aromatic N) is 1. The lowest BCUT2D eigenvalue weighted by Crippen LogP contribution is -2.13. The van der Waals surface area contributed by atoms with Gasteiger partial charge >= 0.3 is 0 Å². The molecule has 4 rings (SSSR count). The normalized spacial score (nSPS) is 10.7. The van der Waals surface area contributed by atoms with Crippen LogP contribution < -0.4 is 10.7 Å². The van der Waals surface area contributed by atoms with Gasteiger partial charge < -0.3 is 9.73 Å². The van der Waals surface area contributed by atoms with E-state index >= 15 is 0 Å². The second-order valence-electron chi connectivity index (χ2n) is 5.83. The zero-order valence-electron chi connectivity index (χ0n) is 14.0. The Kier molecular flexibility index (Phi) is 4.22. The number of carbonyl (C=O) groups excluding carboxylic acids is 1. The minimum Gasteiger partial charge on any atom is -0.456 e. The van der Waals surface area contributed by atoms with Gasteiger partial charge in [-0.3, -0.25) is 14.6 Å². The van der Waals surface area contributed by atoms with Gasteiger partial charge in [0.05, 0.1) is 10.9 Å². The van der Waals surface area contributed by atoms with Crippen LogP contribution in [-0.2, 0) is 0 Å². The van der Waals surface area contributed by atoms with Gasteiger partial charge in [0.25, 0.3) is 5.91 Å². The zero-order valence-corrected chi connectivity index (χ0v) is 14.0. The lowest BCUT2D eigenvalue weighted by atomic mass is 10.1. The molecule has 2 aromatic heterocycles. The highest BCUT2D eigenvalue weighted by Gasteiger charge is 2.12. The molecule has 0 unspecified atom stereocenters. The van der Waals surface area contributed by atoms with E-state index in [1.807, 2.05) is 0 Å². The molecule has 0 aliphatic rings. The number of benzene rings is 2. The summed E-state index contributed by atoms with van der Waals surface area (Å²) in [6.07, 6.45) is 1.52. The predicted octanol–water partition coefficient (Wildman–Crippen LogP) is 4.25. The number of halogens is 1. The Hall–Kier alpha value is -3.80. The summed E-state index contributed by atoms with van der Waals surface area (Å²) in [4.78, 5) is 28.7. The van der Waals surface area contributed by atoms with Crippen molar-refractivity contribution >= 4 is 22.6 Å². The third-order valence-electron chi connectivity index (χ3n) is 4.02. The summed E-state index contributed by atoms with van der Waals surface area (Å²) in [7, 11) is 0. The number of hydrogen-bond donors (Lipinski definition) is 1. The Morgan fingerprint density at radius 3 is 2.59 bits per heavy atom.